The van der Waals surface area contributed by atoms with E-state index in [4.69, 9.17) is 0 Å². The Balaban J connectivity index is 1.86. The van der Waals surface area contributed by atoms with Crippen LogP contribution < -0.4 is 10.6 Å². The number of nitrogens with one attached hydrogen (secondary N) is 2. The summed E-state index contributed by atoms with van der Waals surface area (Å²) in [5, 5.41) is 7.18. The van der Waals surface area contributed by atoms with Gasteiger partial charge in [-0.15, -0.1) is 0 Å². The van der Waals surface area contributed by atoms with Gasteiger partial charge in [0, 0.05) is 11.4 Å². The lowest BCUT2D eigenvalue weighted by Crippen LogP contribution is -2.08. The summed E-state index contributed by atoms with van der Waals surface area (Å²) in [6.45, 7) is 0. The molecule has 2 N–H and O–H groups in total. The van der Waals surface area contributed by atoms with Crippen LogP contribution in [0.2, 0.25) is 0 Å². The van der Waals surface area contributed by atoms with E-state index in [0.717, 1.165) is 0 Å². The third kappa shape index (κ3) is 0.915. The van der Waals surface area contributed by atoms with Crippen molar-refractivity contribution in [2.24, 2.45) is 0 Å². The van der Waals surface area contributed by atoms with Crippen molar-refractivity contribution in [2.75, 3.05) is 10.6 Å². The first-order valence-corrected chi connectivity index (χ1v) is 5.64. The zero-order valence-corrected chi connectivity index (χ0v) is 8.77. The Morgan fingerprint density at radius 2 is 1.06 bits per heavy atom. The van der Waals surface area contributed by atoms with Crippen LogP contribution in [0.15, 0.2) is 48.5 Å². The number of hydrogen-bond acceptors (Lipinski definition) is 2. The SMILES string of the molecule is c1ccc2c(c1)NC1c3ccccc3NC21. The summed E-state index contributed by atoms with van der Waals surface area (Å²) in [6.07, 6.45) is 0. The maximum absolute atomic E-state index is 3.59. The van der Waals surface area contributed by atoms with Gasteiger partial charge in [0.05, 0.1) is 12.1 Å². The Hall–Kier alpha value is -1.96. The van der Waals surface area contributed by atoms with Gasteiger partial charge in [-0.1, -0.05) is 36.4 Å². The average molecular weight is 208 g/mol. The van der Waals surface area contributed by atoms with Crippen LogP contribution in [-0.4, -0.2) is 0 Å². The first-order chi connectivity index (χ1) is 7.93. The van der Waals surface area contributed by atoms with E-state index in [9.17, 15) is 0 Å². The number of rotatable bonds is 0. The molecule has 0 fully saturated rings. The van der Waals surface area contributed by atoms with Crippen LogP contribution in [0.25, 0.3) is 0 Å². The van der Waals surface area contributed by atoms with Crippen LogP contribution in [0, 0.1) is 0 Å². The molecule has 0 radical (unpaired) electrons. The molecule has 16 heavy (non-hydrogen) atoms. The van der Waals surface area contributed by atoms with Crippen molar-refractivity contribution in [1.82, 2.24) is 0 Å². The molecule has 0 bridgehead atoms. The van der Waals surface area contributed by atoms with Gasteiger partial charge in [0.25, 0.3) is 0 Å². The summed E-state index contributed by atoms with van der Waals surface area (Å²) < 4.78 is 0. The summed E-state index contributed by atoms with van der Waals surface area (Å²) in [6, 6.07) is 17.9. The van der Waals surface area contributed by atoms with Gasteiger partial charge in [-0.3, -0.25) is 0 Å². The number of benzene rings is 2. The minimum Gasteiger partial charge on any atom is -0.375 e. The Bertz CT molecular complexity index is 511. The number of anilines is 2. The second-order valence-corrected chi connectivity index (χ2v) is 4.42. The van der Waals surface area contributed by atoms with E-state index >= 15 is 0 Å². The lowest BCUT2D eigenvalue weighted by Gasteiger charge is -2.10. The molecule has 2 nitrogen and oxygen atoms in total. The molecular weight excluding hydrogens is 196 g/mol. The van der Waals surface area contributed by atoms with Crippen LogP contribution in [0.1, 0.15) is 23.2 Å². The van der Waals surface area contributed by atoms with Crippen molar-refractivity contribution in [1.29, 1.82) is 0 Å². The predicted molar refractivity (Wildman–Crippen MR) is 65.6 cm³/mol. The molecule has 0 spiro atoms. The Morgan fingerprint density at radius 3 is 1.56 bits per heavy atom. The lowest BCUT2D eigenvalue weighted by atomic mass is 10.0. The van der Waals surface area contributed by atoms with Gasteiger partial charge in [0.2, 0.25) is 0 Å². The van der Waals surface area contributed by atoms with Crippen LogP contribution in [0.5, 0.6) is 0 Å². The summed E-state index contributed by atoms with van der Waals surface area (Å²) >= 11 is 0. The Labute approximate surface area is 94.3 Å². The van der Waals surface area contributed by atoms with E-state index in [1.165, 1.54) is 22.5 Å². The standard InChI is InChI=1S/C14H12N2/c1-3-7-11-9(5-1)13-14(15-11)10-6-2-4-8-12(10)16-13/h1-8,13-16H. The van der Waals surface area contributed by atoms with Gasteiger partial charge in [-0.2, -0.15) is 0 Å². The van der Waals surface area contributed by atoms with Crippen LogP contribution in [-0.2, 0) is 0 Å². The van der Waals surface area contributed by atoms with Crippen molar-refractivity contribution in [3.8, 4) is 0 Å². The van der Waals surface area contributed by atoms with Crippen LogP contribution in [0.4, 0.5) is 11.4 Å². The van der Waals surface area contributed by atoms with Crippen LogP contribution >= 0.6 is 0 Å². The summed E-state index contributed by atoms with van der Waals surface area (Å²) in [4.78, 5) is 0. The highest BCUT2D eigenvalue weighted by molar-refractivity contribution is 5.71. The van der Waals surface area contributed by atoms with E-state index in [0.29, 0.717) is 12.1 Å². The zero-order valence-electron chi connectivity index (χ0n) is 8.77. The highest BCUT2D eigenvalue weighted by Crippen LogP contribution is 2.50. The van der Waals surface area contributed by atoms with Crippen molar-refractivity contribution in [2.45, 2.75) is 12.1 Å². The molecule has 2 unspecified atom stereocenters. The van der Waals surface area contributed by atoms with Crippen LogP contribution in [0.3, 0.4) is 0 Å². The van der Waals surface area contributed by atoms with E-state index < -0.39 is 0 Å². The quantitative estimate of drug-likeness (QED) is 0.694. The molecule has 2 aromatic carbocycles. The molecule has 4 rings (SSSR count). The molecule has 0 amide bonds. The third-order valence-electron chi connectivity index (χ3n) is 3.55. The first-order valence-electron chi connectivity index (χ1n) is 5.64. The molecule has 78 valence electrons. The van der Waals surface area contributed by atoms with Gasteiger partial charge < -0.3 is 10.6 Å². The topological polar surface area (TPSA) is 24.1 Å². The molecule has 2 aromatic rings. The molecule has 0 aromatic heterocycles. The monoisotopic (exact) mass is 208 g/mol. The smallest absolute Gasteiger partial charge is 0.0778 e. The second kappa shape index (κ2) is 2.79. The number of para-hydroxylation sites is 2. The minimum atomic E-state index is 0.397. The molecule has 2 atom stereocenters. The van der Waals surface area contributed by atoms with Crippen molar-refractivity contribution in [3.05, 3.63) is 59.7 Å². The van der Waals surface area contributed by atoms with Gasteiger partial charge >= 0.3 is 0 Å². The van der Waals surface area contributed by atoms with Crippen molar-refractivity contribution < 1.29 is 0 Å². The summed E-state index contributed by atoms with van der Waals surface area (Å²) in [7, 11) is 0. The molecule has 0 aliphatic carbocycles. The average Bonchev–Trinajstić information content (AvgIpc) is 2.85. The minimum absolute atomic E-state index is 0.397. The van der Waals surface area contributed by atoms with Crippen molar-refractivity contribution >= 4 is 11.4 Å². The molecule has 0 saturated carbocycles. The van der Waals surface area contributed by atoms with Gasteiger partial charge in [-0.25, -0.2) is 0 Å². The molecule has 0 saturated heterocycles. The van der Waals surface area contributed by atoms with E-state index in [-0.39, 0.29) is 0 Å². The van der Waals surface area contributed by atoms with Gasteiger partial charge in [-0.05, 0) is 23.3 Å². The molecule has 2 heterocycles. The number of hydrogen-bond donors (Lipinski definition) is 2. The second-order valence-electron chi connectivity index (χ2n) is 4.42. The fourth-order valence-corrected chi connectivity index (χ4v) is 2.82. The predicted octanol–water partition coefficient (Wildman–Crippen LogP) is 3.32. The van der Waals surface area contributed by atoms with E-state index in [1.54, 1.807) is 0 Å². The summed E-state index contributed by atoms with van der Waals surface area (Å²) in [5.74, 6) is 0. The molecule has 2 aliphatic rings. The Morgan fingerprint density at radius 1 is 0.625 bits per heavy atom. The van der Waals surface area contributed by atoms with Crippen molar-refractivity contribution in [3.63, 3.8) is 0 Å². The Kier molecular flexibility index (Phi) is 1.43. The zero-order chi connectivity index (χ0) is 10.5. The number of fused-ring (bicyclic) bond motifs is 5. The summed E-state index contributed by atoms with van der Waals surface area (Å²) in [5.41, 5.74) is 5.28. The van der Waals surface area contributed by atoms with Gasteiger partial charge in [0.15, 0.2) is 0 Å². The lowest BCUT2D eigenvalue weighted by molar-refractivity contribution is 0.735. The highest BCUT2D eigenvalue weighted by Gasteiger charge is 2.38. The molecule has 2 aliphatic heterocycles. The third-order valence-corrected chi connectivity index (χ3v) is 3.55. The van der Waals surface area contributed by atoms with E-state index in [2.05, 4.69) is 59.2 Å². The maximum Gasteiger partial charge on any atom is 0.0778 e. The molecular formula is C14H12N2. The fraction of sp³-hybridized carbons (Fsp3) is 0.143. The first kappa shape index (κ1) is 8.22. The highest BCUT2D eigenvalue weighted by atomic mass is 15.1. The molecule has 2 heteroatoms. The fourth-order valence-electron chi connectivity index (χ4n) is 2.82. The largest absolute Gasteiger partial charge is 0.375 e. The van der Waals surface area contributed by atoms with Gasteiger partial charge in [0.1, 0.15) is 0 Å². The maximum atomic E-state index is 3.59. The normalized spacial score (nSPS) is 24.0. The van der Waals surface area contributed by atoms with E-state index in [1.807, 2.05) is 0 Å².